The number of esters is 1. The van der Waals surface area contributed by atoms with E-state index in [9.17, 15) is 4.79 Å². The standard InChI is InChI=1S/C13H18O4/c1-9-7-11(16-4)5-6-12(9)13(14)17-10(2)8-15-3/h5-7,10H,8H2,1-4H3/t10-/m0/s1. The summed E-state index contributed by atoms with van der Waals surface area (Å²) in [6.07, 6.45) is -0.256. The van der Waals surface area contributed by atoms with E-state index in [2.05, 4.69) is 0 Å². The Labute approximate surface area is 101 Å². The lowest BCUT2D eigenvalue weighted by molar-refractivity contribution is 0.0119. The molecule has 0 saturated heterocycles. The maximum Gasteiger partial charge on any atom is 0.338 e. The third-order valence-corrected chi connectivity index (χ3v) is 2.36. The van der Waals surface area contributed by atoms with E-state index in [1.165, 1.54) is 0 Å². The molecule has 0 aromatic heterocycles. The van der Waals surface area contributed by atoms with Gasteiger partial charge in [0.15, 0.2) is 0 Å². The first-order chi connectivity index (χ1) is 8.08. The van der Waals surface area contributed by atoms with E-state index in [-0.39, 0.29) is 12.1 Å². The van der Waals surface area contributed by atoms with Gasteiger partial charge in [-0.15, -0.1) is 0 Å². The van der Waals surface area contributed by atoms with Crippen LogP contribution in [0.2, 0.25) is 0 Å². The van der Waals surface area contributed by atoms with Gasteiger partial charge in [0.2, 0.25) is 0 Å². The highest BCUT2D eigenvalue weighted by Gasteiger charge is 2.14. The van der Waals surface area contributed by atoms with Crippen molar-refractivity contribution in [1.82, 2.24) is 0 Å². The summed E-state index contributed by atoms with van der Waals surface area (Å²) in [5.41, 5.74) is 1.38. The molecule has 0 unspecified atom stereocenters. The van der Waals surface area contributed by atoms with Crippen LogP contribution in [-0.2, 0) is 9.47 Å². The van der Waals surface area contributed by atoms with Gasteiger partial charge in [-0.1, -0.05) is 0 Å². The Morgan fingerprint density at radius 1 is 1.35 bits per heavy atom. The fraction of sp³-hybridized carbons (Fsp3) is 0.462. The Kier molecular flexibility index (Phi) is 4.97. The number of ether oxygens (including phenoxy) is 3. The Morgan fingerprint density at radius 3 is 2.59 bits per heavy atom. The van der Waals surface area contributed by atoms with Gasteiger partial charge in [0.25, 0.3) is 0 Å². The van der Waals surface area contributed by atoms with Crippen LogP contribution in [0.4, 0.5) is 0 Å². The number of carbonyl (C=O) groups is 1. The lowest BCUT2D eigenvalue weighted by Crippen LogP contribution is -2.20. The average Bonchev–Trinajstić information content (AvgIpc) is 2.28. The van der Waals surface area contributed by atoms with Crippen LogP contribution in [0, 0.1) is 6.92 Å². The average molecular weight is 238 g/mol. The molecule has 1 aromatic rings. The zero-order valence-corrected chi connectivity index (χ0v) is 10.6. The van der Waals surface area contributed by atoms with Crippen molar-refractivity contribution in [2.75, 3.05) is 20.8 Å². The first-order valence-corrected chi connectivity index (χ1v) is 5.43. The molecule has 0 aliphatic carbocycles. The fourth-order valence-corrected chi connectivity index (χ4v) is 1.51. The molecule has 94 valence electrons. The van der Waals surface area contributed by atoms with Crippen LogP contribution in [0.3, 0.4) is 0 Å². The Hall–Kier alpha value is -1.55. The molecule has 4 nitrogen and oxygen atoms in total. The highest BCUT2D eigenvalue weighted by Crippen LogP contribution is 2.18. The molecular formula is C13H18O4. The molecular weight excluding hydrogens is 220 g/mol. The van der Waals surface area contributed by atoms with E-state index in [0.29, 0.717) is 12.2 Å². The first-order valence-electron chi connectivity index (χ1n) is 5.43. The topological polar surface area (TPSA) is 44.8 Å². The van der Waals surface area contributed by atoms with Crippen molar-refractivity contribution in [3.05, 3.63) is 29.3 Å². The summed E-state index contributed by atoms with van der Waals surface area (Å²) in [6, 6.07) is 5.25. The van der Waals surface area contributed by atoms with Gasteiger partial charge in [0, 0.05) is 7.11 Å². The molecule has 4 heteroatoms. The van der Waals surface area contributed by atoms with Crippen LogP contribution in [0.25, 0.3) is 0 Å². The van der Waals surface area contributed by atoms with Gasteiger partial charge >= 0.3 is 5.97 Å². The van der Waals surface area contributed by atoms with Crippen molar-refractivity contribution >= 4 is 5.97 Å². The molecule has 17 heavy (non-hydrogen) atoms. The molecule has 0 saturated carbocycles. The number of hydrogen-bond donors (Lipinski definition) is 0. The van der Waals surface area contributed by atoms with E-state index >= 15 is 0 Å². The van der Waals surface area contributed by atoms with Crippen molar-refractivity contribution in [3.8, 4) is 5.75 Å². The fourth-order valence-electron chi connectivity index (χ4n) is 1.51. The van der Waals surface area contributed by atoms with Gasteiger partial charge in [-0.25, -0.2) is 4.79 Å². The third-order valence-electron chi connectivity index (χ3n) is 2.36. The molecule has 0 aliphatic rings. The predicted octanol–water partition coefficient (Wildman–Crippen LogP) is 2.20. The molecule has 0 radical (unpaired) electrons. The summed E-state index contributed by atoms with van der Waals surface area (Å²) in [5, 5.41) is 0. The van der Waals surface area contributed by atoms with Crippen LogP contribution in [0.15, 0.2) is 18.2 Å². The zero-order valence-electron chi connectivity index (χ0n) is 10.6. The van der Waals surface area contributed by atoms with E-state index in [1.807, 2.05) is 6.92 Å². The molecule has 0 aliphatic heterocycles. The summed E-state index contributed by atoms with van der Waals surface area (Å²) in [4.78, 5) is 11.8. The van der Waals surface area contributed by atoms with Crippen molar-refractivity contribution in [1.29, 1.82) is 0 Å². The summed E-state index contributed by atoms with van der Waals surface area (Å²) < 4.78 is 15.2. The van der Waals surface area contributed by atoms with Gasteiger partial charge in [-0.05, 0) is 37.6 Å². The van der Waals surface area contributed by atoms with Crippen LogP contribution in [0.1, 0.15) is 22.8 Å². The lowest BCUT2D eigenvalue weighted by Gasteiger charge is -2.13. The monoisotopic (exact) mass is 238 g/mol. The number of hydrogen-bond acceptors (Lipinski definition) is 4. The molecule has 1 aromatic carbocycles. The van der Waals surface area contributed by atoms with Crippen LogP contribution in [-0.4, -0.2) is 32.9 Å². The molecule has 0 fully saturated rings. The summed E-state index contributed by atoms with van der Waals surface area (Å²) >= 11 is 0. The molecule has 0 heterocycles. The second-order valence-electron chi connectivity index (χ2n) is 3.85. The third kappa shape index (κ3) is 3.75. The summed E-state index contributed by atoms with van der Waals surface area (Å²) in [6.45, 7) is 4.03. The van der Waals surface area contributed by atoms with Gasteiger partial charge < -0.3 is 14.2 Å². The number of rotatable bonds is 5. The van der Waals surface area contributed by atoms with E-state index in [4.69, 9.17) is 14.2 Å². The maximum atomic E-state index is 11.8. The van der Waals surface area contributed by atoms with Crippen molar-refractivity contribution in [2.24, 2.45) is 0 Å². The predicted molar refractivity (Wildman–Crippen MR) is 64.5 cm³/mol. The second kappa shape index (κ2) is 6.25. The largest absolute Gasteiger partial charge is 0.497 e. The minimum absolute atomic E-state index is 0.256. The Balaban J connectivity index is 2.75. The highest BCUT2D eigenvalue weighted by atomic mass is 16.6. The van der Waals surface area contributed by atoms with Gasteiger partial charge in [-0.2, -0.15) is 0 Å². The first kappa shape index (κ1) is 13.5. The maximum absolute atomic E-state index is 11.8. The number of benzene rings is 1. The van der Waals surface area contributed by atoms with E-state index < -0.39 is 0 Å². The van der Waals surface area contributed by atoms with Crippen molar-refractivity contribution in [3.63, 3.8) is 0 Å². The van der Waals surface area contributed by atoms with Gasteiger partial charge in [0.1, 0.15) is 11.9 Å². The minimum Gasteiger partial charge on any atom is -0.497 e. The molecule has 0 N–H and O–H groups in total. The molecule has 1 rings (SSSR count). The summed E-state index contributed by atoms with van der Waals surface area (Å²) in [5.74, 6) is 0.388. The molecule has 0 spiro atoms. The SMILES string of the molecule is COC[C@H](C)OC(=O)c1ccc(OC)cc1C. The van der Waals surface area contributed by atoms with Crippen LogP contribution < -0.4 is 4.74 Å². The lowest BCUT2D eigenvalue weighted by atomic mass is 10.1. The van der Waals surface area contributed by atoms with Gasteiger partial charge in [-0.3, -0.25) is 0 Å². The molecule has 1 atom stereocenters. The normalized spacial score (nSPS) is 12.0. The van der Waals surface area contributed by atoms with Crippen molar-refractivity contribution in [2.45, 2.75) is 20.0 Å². The number of methoxy groups -OCH3 is 2. The Bertz CT molecular complexity index is 387. The van der Waals surface area contributed by atoms with Gasteiger partial charge in [0.05, 0.1) is 19.3 Å². The van der Waals surface area contributed by atoms with Crippen LogP contribution in [0.5, 0.6) is 5.75 Å². The summed E-state index contributed by atoms with van der Waals surface area (Å²) in [7, 11) is 3.16. The highest BCUT2D eigenvalue weighted by molar-refractivity contribution is 5.91. The molecule has 0 amide bonds. The molecule has 0 bridgehead atoms. The van der Waals surface area contributed by atoms with Crippen molar-refractivity contribution < 1.29 is 19.0 Å². The number of aryl methyl sites for hydroxylation is 1. The second-order valence-corrected chi connectivity index (χ2v) is 3.85. The smallest absolute Gasteiger partial charge is 0.338 e. The zero-order chi connectivity index (χ0) is 12.8. The van der Waals surface area contributed by atoms with Crippen LogP contribution >= 0.6 is 0 Å². The van der Waals surface area contributed by atoms with E-state index in [1.54, 1.807) is 39.3 Å². The van der Waals surface area contributed by atoms with E-state index in [0.717, 1.165) is 11.3 Å². The quantitative estimate of drug-likeness (QED) is 0.738. The number of carbonyl (C=O) groups excluding carboxylic acids is 1. The Morgan fingerprint density at radius 2 is 2.06 bits per heavy atom. The minimum atomic E-state index is -0.338.